The molecule has 0 radical (unpaired) electrons. The Balaban J connectivity index is 1.53. The highest BCUT2D eigenvalue weighted by atomic mass is 16.7. The molecule has 2 aromatic carbocycles. The van der Waals surface area contributed by atoms with Gasteiger partial charge in [0.15, 0.2) is 23.0 Å². The lowest BCUT2D eigenvalue weighted by Gasteiger charge is -2.45. The molecule has 5 rings (SSSR count). The third-order valence-corrected chi connectivity index (χ3v) is 6.56. The second-order valence-electron chi connectivity index (χ2n) is 8.46. The molecular weight excluding hydrogens is 410 g/mol. The quantitative estimate of drug-likeness (QED) is 0.767. The van der Waals surface area contributed by atoms with Gasteiger partial charge in [0.25, 0.3) is 0 Å². The van der Waals surface area contributed by atoms with E-state index in [4.69, 9.17) is 19.2 Å². The summed E-state index contributed by atoms with van der Waals surface area (Å²) in [7, 11) is 1.55. The minimum Gasteiger partial charge on any atom is -0.504 e. The van der Waals surface area contributed by atoms with Gasteiger partial charge in [0.05, 0.1) is 7.11 Å². The maximum absolute atomic E-state index is 11.9. The molecule has 32 heavy (non-hydrogen) atoms. The van der Waals surface area contributed by atoms with Crippen LogP contribution in [0.4, 0.5) is 0 Å². The number of piperidine rings is 1. The number of para-hydroxylation sites is 1. The first kappa shape index (κ1) is 20.6. The number of benzene rings is 2. The van der Waals surface area contributed by atoms with Gasteiger partial charge in [-0.1, -0.05) is 12.1 Å². The normalized spacial score (nSPS) is 21.4. The Morgan fingerprint density at radius 3 is 2.75 bits per heavy atom. The van der Waals surface area contributed by atoms with Crippen molar-refractivity contribution < 1.29 is 24.1 Å². The number of rotatable bonds is 3. The van der Waals surface area contributed by atoms with E-state index in [0.29, 0.717) is 43.9 Å². The number of likely N-dealkylation sites (tertiary alicyclic amines) is 1. The van der Waals surface area contributed by atoms with Gasteiger partial charge in [0, 0.05) is 56.6 Å². The molecule has 1 saturated heterocycles. The SMILES string of the molecule is COc1cccc(C2CC(c3ccc4c(c3)OCO4)=NC3(CCN(C(C)=O)CC3)N2)c1O. The van der Waals surface area contributed by atoms with Gasteiger partial charge in [-0.15, -0.1) is 0 Å². The zero-order chi connectivity index (χ0) is 22.3. The summed E-state index contributed by atoms with van der Waals surface area (Å²) in [5, 5.41) is 14.5. The number of fused-ring (bicyclic) bond motifs is 1. The van der Waals surface area contributed by atoms with Crippen LogP contribution in [-0.2, 0) is 4.79 Å². The molecule has 3 aliphatic heterocycles. The Kier molecular flexibility index (Phi) is 5.17. The Hall–Kier alpha value is -3.26. The molecule has 0 aromatic heterocycles. The van der Waals surface area contributed by atoms with Crippen LogP contribution in [0.5, 0.6) is 23.0 Å². The largest absolute Gasteiger partial charge is 0.504 e. The van der Waals surface area contributed by atoms with E-state index in [0.717, 1.165) is 22.6 Å². The molecule has 0 aliphatic carbocycles. The van der Waals surface area contributed by atoms with Crippen LogP contribution < -0.4 is 19.5 Å². The van der Waals surface area contributed by atoms with E-state index >= 15 is 0 Å². The van der Waals surface area contributed by atoms with E-state index in [1.165, 1.54) is 0 Å². The topological polar surface area (TPSA) is 92.6 Å². The molecule has 0 saturated carbocycles. The van der Waals surface area contributed by atoms with Gasteiger partial charge in [-0.05, 0) is 29.8 Å². The van der Waals surface area contributed by atoms with Gasteiger partial charge in [0.1, 0.15) is 5.66 Å². The van der Waals surface area contributed by atoms with Crippen LogP contribution in [0.25, 0.3) is 0 Å². The number of hydrogen-bond donors (Lipinski definition) is 2. The summed E-state index contributed by atoms with van der Waals surface area (Å²) in [6.45, 7) is 3.09. The molecule has 1 unspecified atom stereocenters. The van der Waals surface area contributed by atoms with Crippen LogP contribution in [0.2, 0.25) is 0 Å². The first-order chi connectivity index (χ1) is 15.5. The van der Waals surface area contributed by atoms with E-state index in [9.17, 15) is 9.90 Å². The van der Waals surface area contributed by atoms with Crippen LogP contribution >= 0.6 is 0 Å². The molecule has 1 atom stereocenters. The van der Waals surface area contributed by atoms with E-state index in [-0.39, 0.29) is 24.5 Å². The first-order valence-corrected chi connectivity index (χ1v) is 10.9. The maximum atomic E-state index is 11.9. The number of phenolic OH excluding ortho intramolecular Hbond substituents is 1. The highest BCUT2D eigenvalue weighted by Gasteiger charge is 2.41. The van der Waals surface area contributed by atoms with Gasteiger partial charge in [0.2, 0.25) is 12.7 Å². The van der Waals surface area contributed by atoms with E-state index in [2.05, 4.69) is 5.32 Å². The fourth-order valence-corrected chi connectivity index (χ4v) is 4.78. The van der Waals surface area contributed by atoms with Crippen LogP contribution in [0.1, 0.15) is 43.4 Å². The van der Waals surface area contributed by atoms with Crippen LogP contribution in [0.15, 0.2) is 41.4 Å². The molecule has 1 amide bonds. The van der Waals surface area contributed by atoms with Crippen molar-refractivity contribution in [3.8, 4) is 23.0 Å². The molecule has 0 bridgehead atoms. The lowest BCUT2D eigenvalue weighted by molar-refractivity contribution is -0.130. The third kappa shape index (κ3) is 3.64. The Morgan fingerprint density at radius 1 is 1.22 bits per heavy atom. The Bertz CT molecular complexity index is 1080. The summed E-state index contributed by atoms with van der Waals surface area (Å²) in [4.78, 5) is 18.9. The lowest BCUT2D eigenvalue weighted by atomic mass is 9.87. The summed E-state index contributed by atoms with van der Waals surface area (Å²) >= 11 is 0. The third-order valence-electron chi connectivity index (χ3n) is 6.56. The minimum absolute atomic E-state index is 0.0811. The number of carbonyl (C=O) groups is 1. The van der Waals surface area contributed by atoms with Crippen molar-refractivity contribution in [2.75, 3.05) is 27.0 Å². The van der Waals surface area contributed by atoms with Crippen molar-refractivity contribution in [2.45, 2.75) is 37.9 Å². The van der Waals surface area contributed by atoms with Gasteiger partial charge in [-0.25, -0.2) is 0 Å². The van der Waals surface area contributed by atoms with E-state index in [1.54, 1.807) is 20.1 Å². The number of carbonyl (C=O) groups excluding carboxylic acids is 1. The van der Waals surface area contributed by atoms with Crippen molar-refractivity contribution in [1.29, 1.82) is 0 Å². The number of aliphatic imine (C=N–C) groups is 1. The molecule has 8 heteroatoms. The molecule has 2 aromatic rings. The Morgan fingerprint density at radius 2 is 2.00 bits per heavy atom. The van der Waals surface area contributed by atoms with E-state index in [1.807, 2.05) is 35.2 Å². The predicted octanol–water partition coefficient (Wildman–Crippen LogP) is 2.99. The number of amides is 1. The number of aromatic hydroxyl groups is 1. The number of methoxy groups -OCH3 is 1. The highest BCUT2D eigenvalue weighted by Crippen LogP contribution is 2.41. The average molecular weight is 437 g/mol. The molecule has 168 valence electrons. The minimum atomic E-state index is -0.518. The standard InChI is InChI=1S/C24H27N3O5/c1-15(28)27-10-8-24(9-11-27)25-18(16-6-7-20-22(12-16)32-14-31-20)13-19(26-24)17-4-3-5-21(30-2)23(17)29/h3-7,12,19,26,29H,8-11,13-14H2,1-2H3. The van der Waals surface area contributed by atoms with Gasteiger partial charge >= 0.3 is 0 Å². The van der Waals surface area contributed by atoms with Crippen molar-refractivity contribution in [2.24, 2.45) is 4.99 Å². The zero-order valence-corrected chi connectivity index (χ0v) is 18.3. The zero-order valence-electron chi connectivity index (χ0n) is 18.3. The lowest BCUT2D eigenvalue weighted by Crippen LogP contribution is -2.56. The molecule has 3 heterocycles. The van der Waals surface area contributed by atoms with Crippen molar-refractivity contribution in [3.63, 3.8) is 0 Å². The molecule has 1 fully saturated rings. The van der Waals surface area contributed by atoms with Crippen molar-refractivity contribution >= 4 is 11.6 Å². The van der Waals surface area contributed by atoms with Gasteiger partial charge in [-0.2, -0.15) is 0 Å². The number of ether oxygens (including phenoxy) is 3. The molecule has 2 N–H and O–H groups in total. The van der Waals surface area contributed by atoms with Crippen LogP contribution in [0, 0.1) is 0 Å². The smallest absolute Gasteiger partial charge is 0.231 e. The fraction of sp³-hybridized carbons (Fsp3) is 0.417. The molecule has 8 nitrogen and oxygen atoms in total. The first-order valence-electron chi connectivity index (χ1n) is 10.9. The van der Waals surface area contributed by atoms with Gasteiger partial charge < -0.3 is 24.2 Å². The van der Waals surface area contributed by atoms with E-state index < -0.39 is 5.66 Å². The van der Waals surface area contributed by atoms with Gasteiger partial charge in [-0.3, -0.25) is 15.1 Å². The Labute approximate surface area is 186 Å². The number of nitrogens with zero attached hydrogens (tertiary/aromatic N) is 2. The second kappa shape index (κ2) is 8.02. The van der Waals surface area contributed by atoms with Crippen LogP contribution in [0.3, 0.4) is 0 Å². The van der Waals surface area contributed by atoms with Crippen LogP contribution in [-0.4, -0.2) is 54.3 Å². The average Bonchev–Trinajstić information content (AvgIpc) is 3.27. The van der Waals surface area contributed by atoms with Crippen molar-refractivity contribution in [3.05, 3.63) is 47.5 Å². The summed E-state index contributed by atoms with van der Waals surface area (Å²) in [5.41, 5.74) is 2.16. The molecular formula is C24H27N3O5. The monoisotopic (exact) mass is 437 g/mol. The van der Waals surface area contributed by atoms with Crippen molar-refractivity contribution in [1.82, 2.24) is 10.2 Å². The summed E-state index contributed by atoms with van der Waals surface area (Å²) < 4.78 is 16.4. The fourth-order valence-electron chi connectivity index (χ4n) is 4.78. The summed E-state index contributed by atoms with van der Waals surface area (Å²) in [5.74, 6) is 2.10. The second-order valence-corrected chi connectivity index (χ2v) is 8.46. The number of phenols is 1. The summed E-state index contributed by atoms with van der Waals surface area (Å²) in [6, 6.07) is 11.3. The summed E-state index contributed by atoms with van der Waals surface area (Å²) in [6.07, 6.45) is 1.99. The predicted molar refractivity (Wildman–Crippen MR) is 118 cm³/mol. The highest BCUT2D eigenvalue weighted by molar-refractivity contribution is 6.02. The maximum Gasteiger partial charge on any atom is 0.231 e. The molecule has 1 spiro atoms. The number of hydrogen-bond acceptors (Lipinski definition) is 7. The number of nitrogens with one attached hydrogen (secondary N) is 1. The molecule has 3 aliphatic rings.